The van der Waals surface area contributed by atoms with E-state index in [1.54, 1.807) is 0 Å². The zero-order valence-electron chi connectivity index (χ0n) is 11.0. The van der Waals surface area contributed by atoms with Crippen LogP contribution in [0, 0.1) is 10.1 Å². The summed E-state index contributed by atoms with van der Waals surface area (Å²) < 4.78 is 0. The first-order valence-corrected chi connectivity index (χ1v) is 6.17. The summed E-state index contributed by atoms with van der Waals surface area (Å²) in [5, 5.41) is 14.1. The summed E-state index contributed by atoms with van der Waals surface area (Å²) in [4.78, 5) is 39.1. The van der Waals surface area contributed by atoms with E-state index in [0.717, 1.165) is 0 Å². The van der Waals surface area contributed by atoms with Crippen LogP contribution in [0.5, 0.6) is 0 Å². The molecule has 1 aromatic carbocycles. The fourth-order valence-corrected chi connectivity index (χ4v) is 1.88. The van der Waals surface area contributed by atoms with Crippen LogP contribution in [-0.2, 0) is 4.79 Å². The smallest absolute Gasteiger partial charge is 0.293 e. The van der Waals surface area contributed by atoms with Crippen LogP contribution in [0.15, 0.2) is 23.3 Å². The van der Waals surface area contributed by atoms with Crippen molar-refractivity contribution in [3.63, 3.8) is 0 Å². The van der Waals surface area contributed by atoms with Crippen molar-refractivity contribution in [1.82, 2.24) is 9.97 Å². The van der Waals surface area contributed by atoms with Crippen molar-refractivity contribution in [2.24, 2.45) is 5.73 Å². The van der Waals surface area contributed by atoms with Crippen molar-refractivity contribution in [3.05, 3.63) is 38.9 Å². The zero-order chi connectivity index (χ0) is 15.4. The van der Waals surface area contributed by atoms with E-state index < -0.39 is 16.4 Å². The number of anilines is 1. The predicted octanol–water partition coefficient (Wildman–Crippen LogP) is 0.509. The molecule has 9 nitrogen and oxygen atoms in total. The van der Waals surface area contributed by atoms with Crippen molar-refractivity contribution in [1.29, 1.82) is 0 Å². The Hall–Kier alpha value is -2.97. The maximum Gasteiger partial charge on any atom is 0.293 e. The summed E-state index contributed by atoms with van der Waals surface area (Å²) in [7, 11) is 0. The monoisotopic (exact) mass is 291 g/mol. The number of hydrogen-bond donors (Lipinski definition) is 3. The van der Waals surface area contributed by atoms with Crippen molar-refractivity contribution in [2.75, 3.05) is 11.9 Å². The Morgan fingerprint density at radius 2 is 2.24 bits per heavy atom. The average molecular weight is 291 g/mol. The van der Waals surface area contributed by atoms with E-state index in [1.807, 2.05) is 0 Å². The van der Waals surface area contributed by atoms with Crippen molar-refractivity contribution in [2.45, 2.75) is 12.8 Å². The summed E-state index contributed by atoms with van der Waals surface area (Å²) >= 11 is 0. The Bertz CT molecular complexity index is 755. The average Bonchev–Trinajstić information content (AvgIpc) is 2.43. The third-order valence-electron chi connectivity index (χ3n) is 2.87. The number of aromatic nitrogens is 2. The standard InChI is InChI=1S/C12H13N5O4/c13-11(18)2-1-3-14-9-5-8-7(4-10(9)17(20)21)12(19)16-6-15-8/h4-6,14H,1-3H2,(H2,13,18)(H,15,16,19). The minimum absolute atomic E-state index is 0.145. The van der Waals surface area contributed by atoms with E-state index in [9.17, 15) is 19.7 Å². The number of nitrogens with zero attached hydrogens (tertiary/aromatic N) is 2. The molecule has 0 spiro atoms. The van der Waals surface area contributed by atoms with Crippen LogP contribution >= 0.6 is 0 Å². The predicted molar refractivity (Wildman–Crippen MR) is 75.9 cm³/mol. The fourth-order valence-electron chi connectivity index (χ4n) is 1.88. The van der Waals surface area contributed by atoms with Gasteiger partial charge in [0.2, 0.25) is 5.91 Å². The lowest BCUT2D eigenvalue weighted by atomic mass is 10.2. The second kappa shape index (κ2) is 5.99. The van der Waals surface area contributed by atoms with Crippen molar-refractivity contribution < 1.29 is 9.72 Å². The van der Waals surface area contributed by atoms with Gasteiger partial charge < -0.3 is 16.0 Å². The van der Waals surface area contributed by atoms with Crippen LogP contribution in [0.1, 0.15) is 12.8 Å². The van der Waals surface area contributed by atoms with Crippen LogP contribution in [-0.4, -0.2) is 27.3 Å². The number of hydrogen-bond acceptors (Lipinski definition) is 6. The first-order chi connectivity index (χ1) is 9.99. The van der Waals surface area contributed by atoms with E-state index in [4.69, 9.17) is 5.73 Å². The van der Waals surface area contributed by atoms with Gasteiger partial charge in [-0.2, -0.15) is 0 Å². The minimum Gasteiger partial charge on any atom is -0.379 e. The first kappa shape index (κ1) is 14.4. The highest BCUT2D eigenvalue weighted by Crippen LogP contribution is 2.27. The number of nitrogens with one attached hydrogen (secondary N) is 2. The summed E-state index contributed by atoms with van der Waals surface area (Å²) in [6.45, 7) is 0.346. The number of nitro benzene ring substituents is 1. The molecule has 0 aliphatic rings. The molecule has 0 atom stereocenters. The van der Waals surface area contributed by atoms with E-state index in [-0.39, 0.29) is 23.2 Å². The van der Waals surface area contributed by atoms with Gasteiger partial charge in [0.15, 0.2) is 0 Å². The number of H-pyrrole nitrogens is 1. The van der Waals surface area contributed by atoms with Gasteiger partial charge in [0.05, 0.1) is 22.2 Å². The van der Waals surface area contributed by atoms with Crippen LogP contribution in [0.3, 0.4) is 0 Å². The van der Waals surface area contributed by atoms with Crippen LogP contribution in [0.4, 0.5) is 11.4 Å². The van der Waals surface area contributed by atoms with E-state index >= 15 is 0 Å². The molecule has 0 radical (unpaired) electrons. The van der Waals surface area contributed by atoms with Gasteiger partial charge in [-0.05, 0) is 12.5 Å². The topological polar surface area (TPSA) is 144 Å². The van der Waals surface area contributed by atoms with Gasteiger partial charge in [-0.1, -0.05) is 0 Å². The van der Waals surface area contributed by atoms with Crippen LogP contribution in [0.25, 0.3) is 10.9 Å². The molecular formula is C12H13N5O4. The molecule has 0 bridgehead atoms. The first-order valence-electron chi connectivity index (χ1n) is 6.17. The molecule has 21 heavy (non-hydrogen) atoms. The molecule has 4 N–H and O–H groups in total. The number of fused-ring (bicyclic) bond motifs is 1. The highest BCUT2D eigenvalue weighted by Gasteiger charge is 2.16. The number of rotatable bonds is 6. The van der Waals surface area contributed by atoms with Crippen LogP contribution < -0.4 is 16.6 Å². The Balaban J connectivity index is 2.33. The maximum absolute atomic E-state index is 11.6. The molecule has 2 aromatic rings. The van der Waals surface area contributed by atoms with Gasteiger partial charge in [-0.25, -0.2) is 4.98 Å². The molecule has 2 rings (SSSR count). The summed E-state index contributed by atoms with van der Waals surface area (Å²) in [5.41, 5.74) is 4.95. The lowest BCUT2D eigenvalue weighted by molar-refractivity contribution is -0.383. The zero-order valence-corrected chi connectivity index (χ0v) is 11.0. The summed E-state index contributed by atoms with van der Waals surface area (Å²) in [6, 6.07) is 2.62. The van der Waals surface area contributed by atoms with Gasteiger partial charge in [-0.3, -0.25) is 19.7 Å². The van der Waals surface area contributed by atoms with Crippen LogP contribution in [0.2, 0.25) is 0 Å². The number of primary amides is 1. The Kier molecular flexibility index (Phi) is 4.12. The Labute approximate surface area is 118 Å². The lowest BCUT2D eigenvalue weighted by Crippen LogP contribution is -2.13. The molecule has 1 heterocycles. The van der Waals surface area contributed by atoms with E-state index in [2.05, 4.69) is 15.3 Å². The van der Waals surface area contributed by atoms with Crippen molar-refractivity contribution in [3.8, 4) is 0 Å². The Morgan fingerprint density at radius 3 is 2.90 bits per heavy atom. The fraction of sp³-hybridized carbons (Fsp3) is 0.250. The molecule has 0 aliphatic carbocycles. The van der Waals surface area contributed by atoms with E-state index in [1.165, 1.54) is 18.5 Å². The molecule has 1 amide bonds. The molecule has 0 fully saturated rings. The molecule has 110 valence electrons. The van der Waals surface area contributed by atoms with Gasteiger partial charge in [0.25, 0.3) is 11.2 Å². The normalized spacial score (nSPS) is 10.5. The molecule has 0 unspecified atom stereocenters. The van der Waals surface area contributed by atoms with Gasteiger partial charge >= 0.3 is 0 Å². The molecule has 0 saturated heterocycles. The molecule has 0 aliphatic heterocycles. The molecular weight excluding hydrogens is 278 g/mol. The van der Waals surface area contributed by atoms with Gasteiger partial charge in [0, 0.05) is 19.0 Å². The SMILES string of the molecule is NC(=O)CCCNc1cc2nc[nH]c(=O)c2cc1[N+](=O)[O-]. The van der Waals surface area contributed by atoms with E-state index in [0.29, 0.717) is 18.5 Å². The number of nitro groups is 1. The van der Waals surface area contributed by atoms with Gasteiger partial charge in [0.1, 0.15) is 5.69 Å². The number of carbonyl (C=O) groups is 1. The number of amides is 1. The third kappa shape index (κ3) is 3.32. The second-order valence-corrected chi connectivity index (χ2v) is 4.37. The lowest BCUT2D eigenvalue weighted by Gasteiger charge is -2.07. The highest BCUT2D eigenvalue weighted by molar-refractivity contribution is 5.86. The Morgan fingerprint density at radius 1 is 1.48 bits per heavy atom. The molecule has 0 saturated carbocycles. The molecule has 1 aromatic heterocycles. The number of benzene rings is 1. The summed E-state index contributed by atoms with van der Waals surface area (Å²) in [6.07, 6.45) is 1.87. The minimum atomic E-state index is -0.581. The quantitative estimate of drug-likeness (QED) is 0.401. The van der Waals surface area contributed by atoms with Gasteiger partial charge in [-0.15, -0.1) is 0 Å². The number of carbonyl (C=O) groups excluding carboxylic acids is 1. The third-order valence-corrected chi connectivity index (χ3v) is 2.87. The molecule has 9 heteroatoms. The highest BCUT2D eigenvalue weighted by atomic mass is 16.6. The largest absolute Gasteiger partial charge is 0.379 e. The number of aromatic amines is 1. The van der Waals surface area contributed by atoms with Crippen molar-refractivity contribution >= 4 is 28.2 Å². The number of nitrogens with two attached hydrogens (primary N) is 1. The summed E-state index contributed by atoms with van der Waals surface area (Å²) in [5.74, 6) is -0.432. The maximum atomic E-state index is 11.6. The second-order valence-electron chi connectivity index (χ2n) is 4.37.